The van der Waals surface area contributed by atoms with Gasteiger partial charge in [0.2, 0.25) is 5.91 Å². The highest BCUT2D eigenvalue weighted by Gasteiger charge is 2.23. The number of carbonyl (C=O) groups is 1. The lowest BCUT2D eigenvalue weighted by Gasteiger charge is -2.32. The van der Waals surface area contributed by atoms with Crippen LogP contribution in [0.2, 0.25) is 0 Å². The Morgan fingerprint density at radius 2 is 2.24 bits per heavy atom. The molecule has 17 heavy (non-hydrogen) atoms. The number of amides is 1. The van der Waals surface area contributed by atoms with Crippen molar-refractivity contribution in [3.05, 3.63) is 0 Å². The quantitative estimate of drug-likeness (QED) is 0.640. The molecule has 1 aliphatic heterocycles. The summed E-state index contributed by atoms with van der Waals surface area (Å²) in [6, 6.07) is 0. The van der Waals surface area contributed by atoms with E-state index in [2.05, 4.69) is 0 Å². The van der Waals surface area contributed by atoms with E-state index in [1.807, 2.05) is 11.8 Å². The Morgan fingerprint density at radius 3 is 2.94 bits per heavy atom. The average Bonchev–Trinajstić information content (AvgIpc) is 2.35. The molecule has 1 aliphatic rings. The van der Waals surface area contributed by atoms with Crippen molar-refractivity contribution in [1.82, 2.24) is 4.90 Å². The van der Waals surface area contributed by atoms with Crippen LogP contribution in [-0.2, 0) is 14.3 Å². The van der Waals surface area contributed by atoms with Gasteiger partial charge >= 0.3 is 0 Å². The number of unbranched alkanes of at least 4 members (excludes halogenated alkanes) is 1. The smallest absolute Gasteiger partial charge is 0.222 e. The van der Waals surface area contributed by atoms with E-state index in [0.717, 1.165) is 52.0 Å². The van der Waals surface area contributed by atoms with Crippen molar-refractivity contribution in [3.8, 4) is 0 Å². The summed E-state index contributed by atoms with van der Waals surface area (Å²) in [5.74, 6) is 0.269. The molecule has 0 saturated carbocycles. The van der Waals surface area contributed by atoms with Gasteiger partial charge in [-0.3, -0.25) is 4.79 Å². The normalized spacial score (nSPS) is 20.6. The van der Waals surface area contributed by atoms with Crippen molar-refractivity contribution in [1.29, 1.82) is 0 Å². The maximum Gasteiger partial charge on any atom is 0.222 e. The maximum absolute atomic E-state index is 11.9. The number of piperidine rings is 1. The molecule has 4 nitrogen and oxygen atoms in total. The Morgan fingerprint density at radius 1 is 1.41 bits per heavy atom. The molecule has 1 amide bonds. The average molecular weight is 243 g/mol. The van der Waals surface area contributed by atoms with E-state index < -0.39 is 0 Å². The molecule has 1 heterocycles. The number of nitrogens with zero attached hydrogens (tertiary/aromatic N) is 1. The first-order valence-corrected chi connectivity index (χ1v) is 6.66. The van der Waals surface area contributed by atoms with Gasteiger partial charge < -0.3 is 14.4 Å². The van der Waals surface area contributed by atoms with Gasteiger partial charge in [0.15, 0.2) is 0 Å². The monoisotopic (exact) mass is 243 g/mol. The number of ether oxygens (including phenoxy) is 2. The summed E-state index contributed by atoms with van der Waals surface area (Å²) in [4.78, 5) is 13.9. The van der Waals surface area contributed by atoms with E-state index in [-0.39, 0.29) is 12.0 Å². The first kappa shape index (κ1) is 14.5. The van der Waals surface area contributed by atoms with E-state index in [0.29, 0.717) is 6.42 Å². The summed E-state index contributed by atoms with van der Waals surface area (Å²) in [6.45, 7) is 5.16. The zero-order chi connectivity index (χ0) is 12.5. The molecule has 1 saturated heterocycles. The molecule has 4 heteroatoms. The van der Waals surface area contributed by atoms with Crippen LogP contribution in [0.1, 0.15) is 39.0 Å². The van der Waals surface area contributed by atoms with Crippen molar-refractivity contribution in [2.45, 2.75) is 45.1 Å². The van der Waals surface area contributed by atoms with Crippen LogP contribution in [0.15, 0.2) is 0 Å². The van der Waals surface area contributed by atoms with Crippen molar-refractivity contribution in [2.75, 3.05) is 33.4 Å². The predicted octanol–water partition coefficient (Wildman–Crippen LogP) is 1.83. The Labute approximate surface area is 104 Å². The molecule has 0 spiro atoms. The molecule has 0 aromatic heterocycles. The van der Waals surface area contributed by atoms with Crippen LogP contribution in [0.25, 0.3) is 0 Å². The Balaban J connectivity index is 2.21. The van der Waals surface area contributed by atoms with Gasteiger partial charge in [-0.05, 0) is 32.6 Å². The van der Waals surface area contributed by atoms with E-state index in [4.69, 9.17) is 9.47 Å². The summed E-state index contributed by atoms with van der Waals surface area (Å²) in [6.07, 6.45) is 4.92. The van der Waals surface area contributed by atoms with Gasteiger partial charge in [-0.1, -0.05) is 0 Å². The van der Waals surface area contributed by atoms with Gasteiger partial charge in [-0.15, -0.1) is 0 Å². The summed E-state index contributed by atoms with van der Waals surface area (Å²) >= 11 is 0. The lowest BCUT2D eigenvalue weighted by Crippen LogP contribution is -2.43. The maximum atomic E-state index is 11.9. The standard InChI is InChI=1S/C13H25NO3/c1-3-17-12-7-6-9-14(11-12)13(15)8-4-5-10-16-2/h12H,3-11H2,1-2H3. The van der Waals surface area contributed by atoms with Gasteiger partial charge in [0, 0.05) is 39.8 Å². The zero-order valence-corrected chi connectivity index (χ0v) is 11.1. The largest absolute Gasteiger partial charge is 0.385 e. The highest BCUT2D eigenvalue weighted by Crippen LogP contribution is 2.14. The van der Waals surface area contributed by atoms with Gasteiger partial charge in [0.05, 0.1) is 6.10 Å². The third-order valence-electron chi connectivity index (χ3n) is 3.12. The first-order chi connectivity index (χ1) is 8.27. The van der Waals surface area contributed by atoms with E-state index >= 15 is 0 Å². The second-order valence-corrected chi connectivity index (χ2v) is 4.51. The molecule has 0 N–H and O–H groups in total. The second-order valence-electron chi connectivity index (χ2n) is 4.51. The highest BCUT2D eigenvalue weighted by atomic mass is 16.5. The van der Waals surface area contributed by atoms with Gasteiger partial charge in [-0.25, -0.2) is 0 Å². The zero-order valence-electron chi connectivity index (χ0n) is 11.1. The fourth-order valence-corrected chi connectivity index (χ4v) is 2.22. The number of methoxy groups -OCH3 is 1. The lowest BCUT2D eigenvalue weighted by molar-refractivity contribution is -0.135. The molecule has 0 aromatic rings. The second kappa shape index (κ2) is 8.48. The lowest BCUT2D eigenvalue weighted by atomic mass is 10.1. The van der Waals surface area contributed by atoms with Crippen LogP contribution in [0.4, 0.5) is 0 Å². The van der Waals surface area contributed by atoms with E-state index in [1.165, 1.54) is 0 Å². The molecular weight excluding hydrogens is 218 g/mol. The number of hydrogen-bond acceptors (Lipinski definition) is 3. The number of carbonyl (C=O) groups excluding carboxylic acids is 1. The predicted molar refractivity (Wildman–Crippen MR) is 67.0 cm³/mol. The van der Waals surface area contributed by atoms with E-state index in [1.54, 1.807) is 7.11 Å². The van der Waals surface area contributed by atoms with Crippen LogP contribution in [0, 0.1) is 0 Å². The molecule has 100 valence electrons. The number of hydrogen-bond donors (Lipinski definition) is 0. The minimum Gasteiger partial charge on any atom is -0.385 e. The number of rotatable bonds is 7. The van der Waals surface area contributed by atoms with Crippen LogP contribution >= 0.6 is 0 Å². The van der Waals surface area contributed by atoms with Gasteiger partial charge in [-0.2, -0.15) is 0 Å². The molecule has 0 radical (unpaired) electrons. The molecule has 0 aliphatic carbocycles. The molecule has 1 unspecified atom stereocenters. The van der Waals surface area contributed by atoms with E-state index in [9.17, 15) is 4.79 Å². The van der Waals surface area contributed by atoms with Gasteiger partial charge in [0.25, 0.3) is 0 Å². The van der Waals surface area contributed by atoms with Crippen molar-refractivity contribution in [3.63, 3.8) is 0 Å². The highest BCUT2D eigenvalue weighted by molar-refractivity contribution is 5.76. The molecular formula is C13H25NO3. The molecule has 0 aromatic carbocycles. The molecule has 1 fully saturated rings. The SMILES string of the molecule is CCOC1CCCN(C(=O)CCCCOC)C1. The third kappa shape index (κ3) is 5.50. The van der Waals surface area contributed by atoms with Gasteiger partial charge in [0.1, 0.15) is 0 Å². The summed E-state index contributed by atoms with van der Waals surface area (Å²) < 4.78 is 10.6. The Kier molecular flexibility index (Phi) is 7.21. The van der Waals surface area contributed by atoms with Crippen molar-refractivity contribution < 1.29 is 14.3 Å². The third-order valence-corrected chi connectivity index (χ3v) is 3.12. The van der Waals surface area contributed by atoms with Crippen LogP contribution in [0.3, 0.4) is 0 Å². The Hall–Kier alpha value is -0.610. The first-order valence-electron chi connectivity index (χ1n) is 6.66. The molecule has 0 bridgehead atoms. The van der Waals surface area contributed by atoms with Crippen LogP contribution < -0.4 is 0 Å². The fourth-order valence-electron chi connectivity index (χ4n) is 2.22. The Bertz CT molecular complexity index is 219. The fraction of sp³-hybridized carbons (Fsp3) is 0.923. The molecule has 1 atom stereocenters. The summed E-state index contributed by atoms with van der Waals surface area (Å²) in [7, 11) is 1.69. The molecule has 1 rings (SSSR count). The topological polar surface area (TPSA) is 38.8 Å². The summed E-state index contributed by atoms with van der Waals surface area (Å²) in [5.41, 5.74) is 0. The van der Waals surface area contributed by atoms with Crippen LogP contribution in [0.5, 0.6) is 0 Å². The van der Waals surface area contributed by atoms with Crippen LogP contribution in [-0.4, -0.2) is 50.3 Å². The van der Waals surface area contributed by atoms with Crippen molar-refractivity contribution in [2.24, 2.45) is 0 Å². The summed E-state index contributed by atoms with van der Waals surface area (Å²) in [5, 5.41) is 0. The van der Waals surface area contributed by atoms with Crippen molar-refractivity contribution >= 4 is 5.91 Å². The minimum absolute atomic E-state index is 0.247. The minimum atomic E-state index is 0.247. The number of likely N-dealkylation sites (tertiary alicyclic amines) is 1.